The molecule has 22 heavy (non-hydrogen) atoms. The average Bonchev–Trinajstić information content (AvgIpc) is 3.39. The summed E-state index contributed by atoms with van der Waals surface area (Å²) in [7, 11) is 1.66. The van der Waals surface area contributed by atoms with E-state index in [1.54, 1.807) is 7.11 Å². The summed E-state index contributed by atoms with van der Waals surface area (Å²) >= 11 is 0. The number of fused-ring (bicyclic) bond motifs is 1. The van der Waals surface area contributed by atoms with Gasteiger partial charge in [0.1, 0.15) is 11.9 Å². The number of ether oxygens (including phenoxy) is 1. The molecule has 0 spiro atoms. The predicted molar refractivity (Wildman–Crippen MR) is 85.0 cm³/mol. The van der Waals surface area contributed by atoms with Gasteiger partial charge in [0.05, 0.1) is 12.7 Å². The van der Waals surface area contributed by atoms with Crippen LogP contribution in [0.4, 0.5) is 5.69 Å². The lowest BCUT2D eigenvalue weighted by atomic mass is 10.0. The van der Waals surface area contributed by atoms with Gasteiger partial charge in [0.25, 0.3) is 5.91 Å². The van der Waals surface area contributed by atoms with Crippen molar-refractivity contribution >= 4 is 11.6 Å². The van der Waals surface area contributed by atoms with Gasteiger partial charge in [-0.25, -0.2) is 0 Å². The van der Waals surface area contributed by atoms with Crippen LogP contribution in [0.5, 0.6) is 5.75 Å². The monoisotopic (exact) mass is 294 g/mol. The molecule has 1 aliphatic carbocycles. The molecule has 0 radical (unpaired) electrons. The van der Waals surface area contributed by atoms with Crippen LogP contribution in [-0.4, -0.2) is 24.0 Å². The second-order valence-electron chi connectivity index (χ2n) is 5.81. The van der Waals surface area contributed by atoms with Crippen LogP contribution < -0.4 is 10.1 Å². The van der Waals surface area contributed by atoms with Gasteiger partial charge in [0, 0.05) is 11.7 Å². The molecule has 1 heterocycles. The van der Waals surface area contributed by atoms with Crippen LogP contribution in [0.25, 0.3) is 0 Å². The van der Waals surface area contributed by atoms with Gasteiger partial charge in [-0.15, -0.1) is 0 Å². The lowest BCUT2D eigenvalue weighted by Gasteiger charge is -2.38. The third-order valence-electron chi connectivity index (χ3n) is 4.33. The molecular formula is C18H18N2O2. The van der Waals surface area contributed by atoms with Gasteiger partial charge in [0.15, 0.2) is 0 Å². The molecule has 0 saturated heterocycles. The van der Waals surface area contributed by atoms with Crippen molar-refractivity contribution in [2.24, 2.45) is 0 Å². The van der Waals surface area contributed by atoms with Crippen molar-refractivity contribution in [1.82, 2.24) is 4.90 Å². The van der Waals surface area contributed by atoms with Crippen molar-refractivity contribution in [3.05, 3.63) is 59.7 Å². The van der Waals surface area contributed by atoms with Crippen molar-refractivity contribution in [3.8, 4) is 5.75 Å². The minimum atomic E-state index is -0.110. The van der Waals surface area contributed by atoms with Crippen molar-refractivity contribution < 1.29 is 9.53 Å². The summed E-state index contributed by atoms with van der Waals surface area (Å²) in [6, 6.07) is 16.0. The second kappa shape index (κ2) is 5.05. The Hall–Kier alpha value is -2.49. The molecule has 0 bridgehead atoms. The van der Waals surface area contributed by atoms with E-state index in [0.29, 0.717) is 6.04 Å². The Morgan fingerprint density at radius 3 is 2.50 bits per heavy atom. The van der Waals surface area contributed by atoms with Gasteiger partial charge in [-0.2, -0.15) is 0 Å². The molecule has 1 fully saturated rings. The molecule has 4 rings (SSSR count). The number of hydrogen-bond acceptors (Lipinski definition) is 3. The maximum atomic E-state index is 12.9. The SMILES string of the molecule is COc1ccc(C2Nc3ccccc3C(=O)N2C2CC2)cc1. The predicted octanol–water partition coefficient (Wildman–Crippen LogP) is 3.42. The van der Waals surface area contributed by atoms with Crippen LogP contribution in [-0.2, 0) is 0 Å². The number of carbonyl (C=O) groups is 1. The third-order valence-corrected chi connectivity index (χ3v) is 4.33. The molecule has 1 atom stereocenters. The van der Waals surface area contributed by atoms with E-state index in [-0.39, 0.29) is 12.1 Å². The van der Waals surface area contributed by atoms with Gasteiger partial charge in [-0.05, 0) is 42.7 Å². The first-order valence-electron chi connectivity index (χ1n) is 7.60. The average molecular weight is 294 g/mol. The first-order valence-corrected chi connectivity index (χ1v) is 7.60. The largest absolute Gasteiger partial charge is 0.497 e. The Bertz CT molecular complexity index is 707. The molecule has 2 aromatic carbocycles. The second-order valence-corrected chi connectivity index (χ2v) is 5.81. The first-order chi connectivity index (χ1) is 10.8. The van der Waals surface area contributed by atoms with Crippen LogP contribution in [0.3, 0.4) is 0 Å². The lowest BCUT2D eigenvalue weighted by Crippen LogP contribution is -2.44. The molecule has 1 N–H and O–H groups in total. The highest BCUT2D eigenvalue weighted by molar-refractivity contribution is 6.02. The Morgan fingerprint density at radius 2 is 1.82 bits per heavy atom. The summed E-state index contributed by atoms with van der Waals surface area (Å²) in [5.41, 5.74) is 2.75. The number of rotatable bonds is 3. The van der Waals surface area contributed by atoms with Crippen molar-refractivity contribution in [1.29, 1.82) is 0 Å². The molecule has 112 valence electrons. The van der Waals surface area contributed by atoms with E-state index in [0.717, 1.165) is 35.4 Å². The fraction of sp³-hybridized carbons (Fsp3) is 0.278. The number of nitrogens with one attached hydrogen (secondary N) is 1. The van der Waals surface area contributed by atoms with Gasteiger partial charge < -0.3 is 15.0 Å². The number of carbonyl (C=O) groups excluding carboxylic acids is 1. The zero-order chi connectivity index (χ0) is 15.1. The number of hydrogen-bond donors (Lipinski definition) is 1. The molecule has 0 aromatic heterocycles. The van der Waals surface area contributed by atoms with E-state index in [1.165, 1.54) is 0 Å². The number of benzene rings is 2. The summed E-state index contributed by atoms with van der Waals surface area (Å²) in [5, 5.41) is 3.52. The quantitative estimate of drug-likeness (QED) is 0.943. The number of nitrogens with zero attached hydrogens (tertiary/aromatic N) is 1. The minimum Gasteiger partial charge on any atom is -0.497 e. The van der Waals surface area contributed by atoms with Crippen molar-refractivity contribution in [2.45, 2.75) is 25.0 Å². The summed E-state index contributed by atoms with van der Waals surface area (Å²) in [6.07, 6.45) is 2.06. The van der Waals surface area contributed by atoms with E-state index >= 15 is 0 Å². The Morgan fingerprint density at radius 1 is 1.09 bits per heavy atom. The maximum absolute atomic E-state index is 12.9. The van der Waals surface area contributed by atoms with Gasteiger partial charge in [-0.1, -0.05) is 24.3 Å². The number of para-hydroxylation sites is 1. The van der Waals surface area contributed by atoms with Crippen molar-refractivity contribution in [2.75, 3.05) is 12.4 Å². The van der Waals surface area contributed by atoms with E-state index in [9.17, 15) is 4.79 Å². The van der Waals surface area contributed by atoms with Crippen LogP contribution in [0.15, 0.2) is 48.5 Å². The Balaban J connectivity index is 1.75. The molecule has 2 aromatic rings. The highest BCUT2D eigenvalue weighted by Gasteiger charge is 2.41. The van der Waals surface area contributed by atoms with Gasteiger partial charge >= 0.3 is 0 Å². The zero-order valence-corrected chi connectivity index (χ0v) is 12.5. The van der Waals surface area contributed by atoms with E-state index < -0.39 is 0 Å². The Labute approximate surface area is 129 Å². The highest BCUT2D eigenvalue weighted by atomic mass is 16.5. The summed E-state index contributed by atoms with van der Waals surface area (Å²) < 4.78 is 5.22. The van der Waals surface area contributed by atoms with Crippen molar-refractivity contribution in [3.63, 3.8) is 0 Å². The molecule has 1 aliphatic heterocycles. The van der Waals surface area contributed by atoms with Crippen LogP contribution in [0.2, 0.25) is 0 Å². The molecule has 4 nitrogen and oxygen atoms in total. The van der Waals surface area contributed by atoms with E-state index in [4.69, 9.17) is 4.74 Å². The smallest absolute Gasteiger partial charge is 0.258 e. The normalized spacial score (nSPS) is 20.3. The summed E-state index contributed by atoms with van der Waals surface area (Å²) in [5.74, 6) is 0.946. The topological polar surface area (TPSA) is 41.6 Å². The van der Waals surface area contributed by atoms with Crippen LogP contribution >= 0.6 is 0 Å². The summed E-state index contributed by atoms with van der Waals surface area (Å²) in [6.45, 7) is 0. The van der Waals surface area contributed by atoms with Crippen LogP contribution in [0.1, 0.15) is 34.9 Å². The third kappa shape index (κ3) is 2.11. The van der Waals surface area contributed by atoms with E-state index in [2.05, 4.69) is 5.32 Å². The molecule has 1 amide bonds. The van der Waals surface area contributed by atoms with Gasteiger partial charge in [-0.3, -0.25) is 4.79 Å². The number of amides is 1. The standard InChI is InChI=1S/C18H18N2O2/c1-22-14-10-6-12(7-11-14)17-19-16-5-3-2-4-15(16)18(21)20(17)13-8-9-13/h2-7,10-11,13,17,19H,8-9H2,1H3. The molecule has 1 saturated carbocycles. The fourth-order valence-electron chi connectivity index (χ4n) is 3.03. The maximum Gasteiger partial charge on any atom is 0.258 e. The van der Waals surface area contributed by atoms with Crippen LogP contribution in [0, 0.1) is 0 Å². The summed E-state index contributed by atoms with van der Waals surface area (Å²) in [4.78, 5) is 14.9. The van der Waals surface area contributed by atoms with Gasteiger partial charge in [0.2, 0.25) is 0 Å². The Kier molecular flexibility index (Phi) is 3.03. The minimum absolute atomic E-state index is 0.110. The van der Waals surface area contributed by atoms with E-state index in [1.807, 2.05) is 53.4 Å². The fourth-order valence-corrected chi connectivity index (χ4v) is 3.03. The molecular weight excluding hydrogens is 276 g/mol. The molecule has 1 unspecified atom stereocenters. The molecule has 2 aliphatic rings. The number of anilines is 1. The number of methoxy groups -OCH3 is 1. The highest BCUT2D eigenvalue weighted by Crippen LogP contribution is 2.40. The molecule has 4 heteroatoms. The first kappa shape index (κ1) is 13.2. The lowest BCUT2D eigenvalue weighted by molar-refractivity contribution is 0.0666. The zero-order valence-electron chi connectivity index (χ0n) is 12.5.